The molecule has 0 atom stereocenters. The van der Waals surface area contributed by atoms with Crippen LogP contribution >= 0.6 is 0 Å². The molecule has 0 aliphatic heterocycles. The zero-order valence-corrected chi connectivity index (χ0v) is 29.5. The number of hydrogen-bond acceptors (Lipinski definition) is 0. The smallest absolute Gasteiger partial charge is 0.0547 e. The molecule has 0 saturated heterocycles. The van der Waals surface area contributed by atoms with Crippen LogP contribution in [-0.2, 0) is 0 Å². The average molecular weight is 687 g/mol. The second-order valence-corrected chi connectivity index (χ2v) is 14.1. The standard InChI is InChI=1S/C52H34N2/c1-3-15-35(16-4-1)39-31-40(36-17-5-2-6-18-36)33-41(32-39)53-49-26-12-10-23-45(49)52-43(24-14-28-51(52)53)38-29-30-50-46(34-38)44-22-9-11-25-48(44)54(50)47-27-13-20-37-19-7-8-21-42(37)47/h1-34H. The lowest BCUT2D eigenvalue weighted by Crippen LogP contribution is -1.96. The van der Waals surface area contributed by atoms with Gasteiger partial charge in [0, 0.05) is 32.6 Å². The van der Waals surface area contributed by atoms with Crippen LogP contribution in [-0.4, -0.2) is 9.13 Å². The zero-order valence-electron chi connectivity index (χ0n) is 29.5. The Kier molecular flexibility index (Phi) is 6.90. The fourth-order valence-electron chi connectivity index (χ4n) is 8.68. The maximum absolute atomic E-state index is 2.46. The van der Waals surface area contributed by atoms with Gasteiger partial charge in [-0.05, 0) is 93.4 Å². The van der Waals surface area contributed by atoms with Gasteiger partial charge in [0.15, 0.2) is 0 Å². The van der Waals surface area contributed by atoms with Crippen molar-refractivity contribution in [2.75, 3.05) is 0 Å². The molecule has 0 aliphatic carbocycles. The quantitative estimate of drug-likeness (QED) is 0.171. The van der Waals surface area contributed by atoms with E-state index in [1.807, 2.05) is 0 Å². The van der Waals surface area contributed by atoms with Crippen molar-refractivity contribution in [3.05, 3.63) is 206 Å². The van der Waals surface area contributed by atoms with Crippen molar-refractivity contribution >= 4 is 54.4 Å². The predicted octanol–water partition coefficient (Wildman–Crippen LogP) is 14.0. The molecular weight excluding hydrogens is 653 g/mol. The summed E-state index contributed by atoms with van der Waals surface area (Å²) in [7, 11) is 0. The van der Waals surface area contributed by atoms with E-state index in [0.29, 0.717) is 0 Å². The van der Waals surface area contributed by atoms with Gasteiger partial charge in [0.05, 0.1) is 27.8 Å². The van der Waals surface area contributed by atoms with Gasteiger partial charge in [0.1, 0.15) is 0 Å². The fourth-order valence-corrected chi connectivity index (χ4v) is 8.68. The van der Waals surface area contributed by atoms with Gasteiger partial charge in [-0.15, -0.1) is 0 Å². The lowest BCUT2D eigenvalue weighted by atomic mass is 9.97. The fraction of sp³-hybridized carbons (Fsp3) is 0. The molecule has 0 aliphatic rings. The monoisotopic (exact) mass is 686 g/mol. The van der Waals surface area contributed by atoms with Crippen LogP contribution in [0.2, 0.25) is 0 Å². The minimum absolute atomic E-state index is 1.15. The third-order valence-corrected chi connectivity index (χ3v) is 11.1. The van der Waals surface area contributed by atoms with Gasteiger partial charge in [-0.3, -0.25) is 0 Å². The number of aromatic nitrogens is 2. The van der Waals surface area contributed by atoms with Crippen LogP contribution in [0.15, 0.2) is 206 Å². The van der Waals surface area contributed by atoms with Crippen molar-refractivity contribution in [1.29, 1.82) is 0 Å². The van der Waals surface area contributed by atoms with Crippen LogP contribution in [0, 0.1) is 0 Å². The van der Waals surface area contributed by atoms with E-state index in [9.17, 15) is 0 Å². The summed E-state index contributed by atoms with van der Waals surface area (Å²) in [5, 5.41) is 7.49. The number of hydrogen-bond donors (Lipinski definition) is 0. The van der Waals surface area contributed by atoms with Crippen LogP contribution in [0.1, 0.15) is 0 Å². The van der Waals surface area contributed by atoms with E-state index < -0.39 is 0 Å². The van der Waals surface area contributed by atoms with Crippen LogP contribution in [0.25, 0.3) is 99.1 Å². The van der Waals surface area contributed by atoms with Crippen molar-refractivity contribution in [3.8, 4) is 44.8 Å². The first-order chi connectivity index (χ1) is 26.8. The minimum atomic E-state index is 1.15. The lowest BCUT2D eigenvalue weighted by molar-refractivity contribution is 1.18. The Labute approximate surface area is 313 Å². The summed E-state index contributed by atoms with van der Waals surface area (Å²) in [6.45, 7) is 0. The van der Waals surface area contributed by atoms with Crippen LogP contribution in [0.4, 0.5) is 0 Å². The lowest BCUT2D eigenvalue weighted by Gasteiger charge is -2.14. The Morgan fingerprint density at radius 2 is 0.833 bits per heavy atom. The van der Waals surface area contributed by atoms with Crippen molar-refractivity contribution < 1.29 is 0 Å². The first-order valence-electron chi connectivity index (χ1n) is 18.6. The predicted molar refractivity (Wildman–Crippen MR) is 229 cm³/mol. The molecule has 0 fully saturated rings. The first kappa shape index (κ1) is 30.5. The maximum atomic E-state index is 2.46. The Hall–Kier alpha value is -7.16. The highest BCUT2D eigenvalue weighted by molar-refractivity contribution is 6.17. The molecule has 0 amide bonds. The SMILES string of the molecule is c1ccc(-c2cc(-c3ccccc3)cc(-n3c4ccccc4c4c(-c5ccc6c(c5)c5ccccc5n6-c5cccc6ccccc56)cccc43)c2)cc1. The van der Waals surface area contributed by atoms with Crippen molar-refractivity contribution in [3.63, 3.8) is 0 Å². The molecule has 0 spiro atoms. The Balaban J connectivity index is 1.16. The van der Waals surface area contributed by atoms with Crippen LogP contribution in [0.3, 0.4) is 0 Å². The number of benzene rings is 9. The molecule has 9 aromatic carbocycles. The summed E-state index contributed by atoms with van der Waals surface area (Å²) in [5.41, 5.74) is 14.4. The van der Waals surface area contributed by atoms with E-state index in [2.05, 4.69) is 215 Å². The molecule has 2 heterocycles. The number of para-hydroxylation sites is 2. The van der Waals surface area contributed by atoms with Gasteiger partial charge in [0.2, 0.25) is 0 Å². The third kappa shape index (κ3) is 4.74. The highest BCUT2D eigenvalue weighted by Crippen LogP contribution is 2.42. The normalized spacial score (nSPS) is 11.7. The van der Waals surface area contributed by atoms with Crippen molar-refractivity contribution in [1.82, 2.24) is 9.13 Å². The highest BCUT2D eigenvalue weighted by atomic mass is 15.0. The van der Waals surface area contributed by atoms with Gasteiger partial charge in [0.25, 0.3) is 0 Å². The van der Waals surface area contributed by atoms with E-state index >= 15 is 0 Å². The topological polar surface area (TPSA) is 9.86 Å². The van der Waals surface area contributed by atoms with E-state index in [0.717, 1.165) is 5.69 Å². The summed E-state index contributed by atoms with van der Waals surface area (Å²) >= 11 is 0. The molecule has 0 bridgehead atoms. The van der Waals surface area contributed by atoms with E-state index in [1.54, 1.807) is 0 Å². The summed E-state index contributed by atoms with van der Waals surface area (Å²) in [5.74, 6) is 0. The molecule has 11 rings (SSSR count). The molecule has 0 saturated carbocycles. The molecule has 2 heteroatoms. The molecule has 0 N–H and O–H groups in total. The summed E-state index contributed by atoms with van der Waals surface area (Å²) in [6.07, 6.45) is 0. The van der Waals surface area contributed by atoms with Gasteiger partial charge >= 0.3 is 0 Å². The third-order valence-electron chi connectivity index (χ3n) is 11.1. The Morgan fingerprint density at radius 1 is 0.278 bits per heavy atom. The summed E-state index contributed by atoms with van der Waals surface area (Å²) in [4.78, 5) is 0. The van der Waals surface area contributed by atoms with E-state index in [1.165, 1.54) is 93.5 Å². The van der Waals surface area contributed by atoms with Gasteiger partial charge in [-0.2, -0.15) is 0 Å². The molecule has 54 heavy (non-hydrogen) atoms. The second-order valence-electron chi connectivity index (χ2n) is 14.1. The van der Waals surface area contributed by atoms with Crippen LogP contribution < -0.4 is 0 Å². The molecular formula is C52H34N2. The molecule has 0 radical (unpaired) electrons. The van der Waals surface area contributed by atoms with Gasteiger partial charge in [-0.1, -0.05) is 152 Å². The van der Waals surface area contributed by atoms with Gasteiger partial charge in [-0.25, -0.2) is 0 Å². The number of nitrogens with zero attached hydrogens (tertiary/aromatic N) is 2. The first-order valence-corrected chi connectivity index (χ1v) is 18.6. The number of fused-ring (bicyclic) bond motifs is 7. The highest BCUT2D eigenvalue weighted by Gasteiger charge is 2.19. The maximum Gasteiger partial charge on any atom is 0.0547 e. The molecule has 2 aromatic heterocycles. The number of rotatable bonds is 5. The largest absolute Gasteiger partial charge is 0.309 e. The Morgan fingerprint density at radius 3 is 1.57 bits per heavy atom. The molecule has 11 aromatic rings. The molecule has 252 valence electrons. The van der Waals surface area contributed by atoms with E-state index in [4.69, 9.17) is 0 Å². The zero-order chi connectivity index (χ0) is 35.6. The molecule has 2 nitrogen and oxygen atoms in total. The van der Waals surface area contributed by atoms with Crippen molar-refractivity contribution in [2.24, 2.45) is 0 Å². The summed E-state index contributed by atoms with van der Waals surface area (Å²) in [6, 6.07) is 75.2. The summed E-state index contributed by atoms with van der Waals surface area (Å²) < 4.78 is 4.89. The van der Waals surface area contributed by atoms with Gasteiger partial charge < -0.3 is 9.13 Å². The van der Waals surface area contributed by atoms with E-state index in [-0.39, 0.29) is 0 Å². The van der Waals surface area contributed by atoms with Crippen LogP contribution in [0.5, 0.6) is 0 Å². The Bertz CT molecular complexity index is 3140. The minimum Gasteiger partial charge on any atom is -0.309 e. The van der Waals surface area contributed by atoms with Crippen molar-refractivity contribution in [2.45, 2.75) is 0 Å². The average Bonchev–Trinajstić information content (AvgIpc) is 3.77. The second kappa shape index (κ2) is 12.2. The molecule has 0 unspecified atom stereocenters.